The molecule has 2 aromatic rings. The standard InChI is InChI=1S/C19H22N4O3/c1-3-17(24)22-15-8-5-9-16(12(15)2)23-18(25)11-21-14-7-4-6-13(10-14)19(20)26/h4-10,21H,3,11H2,1-2H3,(H2,20,26)(H,22,24)(H,23,25). The highest BCUT2D eigenvalue weighted by molar-refractivity contribution is 5.97. The van der Waals surface area contributed by atoms with E-state index in [0.29, 0.717) is 29.0 Å². The van der Waals surface area contributed by atoms with Crippen LogP contribution in [0, 0.1) is 6.92 Å². The molecule has 0 saturated carbocycles. The van der Waals surface area contributed by atoms with Crippen LogP contribution in [-0.4, -0.2) is 24.3 Å². The molecule has 2 aromatic carbocycles. The summed E-state index contributed by atoms with van der Waals surface area (Å²) in [5.41, 5.74) is 8.29. The third-order valence-electron chi connectivity index (χ3n) is 3.80. The van der Waals surface area contributed by atoms with E-state index in [0.717, 1.165) is 5.56 Å². The van der Waals surface area contributed by atoms with E-state index < -0.39 is 5.91 Å². The molecule has 0 fully saturated rings. The molecule has 7 heteroatoms. The summed E-state index contributed by atoms with van der Waals surface area (Å²) in [5, 5.41) is 8.55. The van der Waals surface area contributed by atoms with Crippen molar-refractivity contribution in [3.63, 3.8) is 0 Å². The molecule has 0 heterocycles. The quantitative estimate of drug-likeness (QED) is 0.612. The number of hydrogen-bond acceptors (Lipinski definition) is 4. The molecule has 26 heavy (non-hydrogen) atoms. The van der Waals surface area contributed by atoms with Crippen LogP contribution in [-0.2, 0) is 9.59 Å². The van der Waals surface area contributed by atoms with Crippen LogP contribution in [0.25, 0.3) is 0 Å². The predicted molar refractivity (Wildman–Crippen MR) is 102 cm³/mol. The Morgan fingerprint density at radius 1 is 0.962 bits per heavy atom. The van der Waals surface area contributed by atoms with Crippen LogP contribution in [0.4, 0.5) is 17.1 Å². The molecule has 0 aliphatic rings. The Morgan fingerprint density at radius 2 is 1.58 bits per heavy atom. The molecule has 0 aromatic heterocycles. The summed E-state index contributed by atoms with van der Waals surface area (Å²) in [6.45, 7) is 3.62. The van der Waals surface area contributed by atoms with Gasteiger partial charge in [-0.1, -0.05) is 19.1 Å². The van der Waals surface area contributed by atoms with Gasteiger partial charge < -0.3 is 21.7 Å². The maximum Gasteiger partial charge on any atom is 0.248 e. The fraction of sp³-hybridized carbons (Fsp3) is 0.211. The lowest BCUT2D eigenvalue weighted by Crippen LogP contribution is -2.22. The highest BCUT2D eigenvalue weighted by Gasteiger charge is 2.09. The number of rotatable bonds is 7. The van der Waals surface area contributed by atoms with Crippen molar-refractivity contribution in [2.24, 2.45) is 5.73 Å². The fourth-order valence-corrected chi connectivity index (χ4v) is 2.30. The highest BCUT2D eigenvalue weighted by atomic mass is 16.2. The van der Waals surface area contributed by atoms with E-state index in [-0.39, 0.29) is 18.4 Å². The second-order valence-electron chi connectivity index (χ2n) is 5.73. The number of anilines is 3. The molecule has 0 atom stereocenters. The Morgan fingerprint density at radius 3 is 2.19 bits per heavy atom. The lowest BCUT2D eigenvalue weighted by molar-refractivity contribution is -0.116. The maximum absolute atomic E-state index is 12.2. The lowest BCUT2D eigenvalue weighted by Gasteiger charge is -2.14. The number of carbonyl (C=O) groups excluding carboxylic acids is 3. The summed E-state index contributed by atoms with van der Waals surface area (Å²) in [6.07, 6.45) is 0.379. The summed E-state index contributed by atoms with van der Waals surface area (Å²) in [5.74, 6) is -0.871. The monoisotopic (exact) mass is 354 g/mol. The zero-order valence-electron chi connectivity index (χ0n) is 14.8. The Kier molecular flexibility index (Phi) is 6.32. The first kappa shape index (κ1) is 19.0. The highest BCUT2D eigenvalue weighted by Crippen LogP contribution is 2.23. The number of benzene rings is 2. The summed E-state index contributed by atoms with van der Waals surface area (Å²) in [7, 11) is 0. The molecule has 2 rings (SSSR count). The van der Waals surface area contributed by atoms with E-state index in [1.54, 1.807) is 49.4 Å². The summed E-state index contributed by atoms with van der Waals surface area (Å²) in [6, 6.07) is 11.9. The molecular formula is C19H22N4O3. The summed E-state index contributed by atoms with van der Waals surface area (Å²) in [4.78, 5) is 34.9. The van der Waals surface area contributed by atoms with Gasteiger partial charge in [0.15, 0.2) is 0 Å². The van der Waals surface area contributed by atoms with Crippen LogP contribution in [0.2, 0.25) is 0 Å². The maximum atomic E-state index is 12.2. The van der Waals surface area contributed by atoms with Gasteiger partial charge in [0.2, 0.25) is 17.7 Å². The third-order valence-corrected chi connectivity index (χ3v) is 3.80. The molecule has 7 nitrogen and oxygen atoms in total. The minimum atomic E-state index is -0.528. The van der Waals surface area contributed by atoms with E-state index in [1.807, 2.05) is 6.92 Å². The first-order chi connectivity index (χ1) is 12.4. The van der Waals surface area contributed by atoms with Crippen molar-refractivity contribution < 1.29 is 14.4 Å². The zero-order valence-corrected chi connectivity index (χ0v) is 14.8. The van der Waals surface area contributed by atoms with Gasteiger partial charge in [-0.2, -0.15) is 0 Å². The number of nitrogens with two attached hydrogens (primary N) is 1. The van der Waals surface area contributed by atoms with Crippen molar-refractivity contribution in [3.05, 3.63) is 53.6 Å². The predicted octanol–water partition coefficient (Wildman–Crippen LogP) is 2.49. The van der Waals surface area contributed by atoms with E-state index in [2.05, 4.69) is 16.0 Å². The normalized spacial score (nSPS) is 10.1. The van der Waals surface area contributed by atoms with E-state index in [9.17, 15) is 14.4 Å². The number of primary amides is 1. The van der Waals surface area contributed by atoms with Crippen LogP contribution >= 0.6 is 0 Å². The Hall–Kier alpha value is -3.35. The second kappa shape index (κ2) is 8.66. The van der Waals surface area contributed by atoms with E-state index >= 15 is 0 Å². The molecule has 0 spiro atoms. The van der Waals surface area contributed by atoms with Crippen molar-refractivity contribution in [1.29, 1.82) is 0 Å². The fourth-order valence-electron chi connectivity index (χ4n) is 2.30. The Labute approximate surface area is 152 Å². The van der Waals surface area contributed by atoms with Gasteiger partial charge in [-0.25, -0.2) is 0 Å². The Balaban J connectivity index is 2.00. The number of carbonyl (C=O) groups is 3. The van der Waals surface area contributed by atoms with Crippen molar-refractivity contribution in [2.75, 3.05) is 22.5 Å². The average Bonchev–Trinajstić information content (AvgIpc) is 2.63. The number of nitrogens with one attached hydrogen (secondary N) is 3. The van der Waals surface area contributed by atoms with Gasteiger partial charge in [0, 0.05) is 29.0 Å². The van der Waals surface area contributed by atoms with Gasteiger partial charge in [-0.3, -0.25) is 14.4 Å². The number of hydrogen-bond donors (Lipinski definition) is 4. The van der Waals surface area contributed by atoms with Gasteiger partial charge in [0.1, 0.15) is 0 Å². The molecule has 0 unspecified atom stereocenters. The van der Waals surface area contributed by atoms with Crippen LogP contribution in [0.3, 0.4) is 0 Å². The van der Waals surface area contributed by atoms with Crippen LogP contribution < -0.4 is 21.7 Å². The van der Waals surface area contributed by atoms with Crippen LogP contribution in [0.1, 0.15) is 29.3 Å². The SMILES string of the molecule is CCC(=O)Nc1cccc(NC(=O)CNc2cccc(C(N)=O)c2)c1C. The zero-order chi connectivity index (χ0) is 19.1. The second-order valence-corrected chi connectivity index (χ2v) is 5.73. The molecule has 0 radical (unpaired) electrons. The average molecular weight is 354 g/mol. The minimum absolute atomic E-state index is 0.0210. The van der Waals surface area contributed by atoms with Crippen LogP contribution in [0.5, 0.6) is 0 Å². The van der Waals surface area contributed by atoms with Gasteiger partial charge in [0.05, 0.1) is 6.54 Å². The van der Waals surface area contributed by atoms with Crippen molar-refractivity contribution >= 4 is 34.8 Å². The molecule has 3 amide bonds. The minimum Gasteiger partial charge on any atom is -0.376 e. The van der Waals surface area contributed by atoms with Gasteiger partial charge in [0.25, 0.3) is 0 Å². The van der Waals surface area contributed by atoms with Gasteiger partial charge in [-0.05, 0) is 42.8 Å². The van der Waals surface area contributed by atoms with E-state index in [1.165, 1.54) is 0 Å². The van der Waals surface area contributed by atoms with Crippen molar-refractivity contribution in [2.45, 2.75) is 20.3 Å². The molecule has 0 aliphatic heterocycles. The molecule has 0 aliphatic carbocycles. The van der Waals surface area contributed by atoms with Crippen molar-refractivity contribution in [1.82, 2.24) is 0 Å². The van der Waals surface area contributed by atoms with Crippen LogP contribution in [0.15, 0.2) is 42.5 Å². The first-order valence-corrected chi connectivity index (χ1v) is 8.23. The smallest absolute Gasteiger partial charge is 0.248 e. The first-order valence-electron chi connectivity index (χ1n) is 8.23. The summed E-state index contributed by atoms with van der Waals surface area (Å²) >= 11 is 0. The topological polar surface area (TPSA) is 113 Å². The molecule has 0 bridgehead atoms. The molecule has 5 N–H and O–H groups in total. The largest absolute Gasteiger partial charge is 0.376 e. The number of amides is 3. The summed E-state index contributed by atoms with van der Waals surface area (Å²) < 4.78 is 0. The van der Waals surface area contributed by atoms with Crippen molar-refractivity contribution in [3.8, 4) is 0 Å². The molecule has 0 saturated heterocycles. The molecular weight excluding hydrogens is 332 g/mol. The Bertz CT molecular complexity index is 833. The van der Waals surface area contributed by atoms with E-state index in [4.69, 9.17) is 5.73 Å². The lowest BCUT2D eigenvalue weighted by atomic mass is 10.1. The molecule has 136 valence electrons. The van der Waals surface area contributed by atoms with Gasteiger partial charge >= 0.3 is 0 Å². The third kappa shape index (κ3) is 5.07. The van der Waals surface area contributed by atoms with Gasteiger partial charge in [-0.15, -0.1) is 0 Å².